The predicted octanol–water partition coefficient (Wildman–Crippen LogP) is 5.80. The molecule has 0 spiro atoms. The van der Waals surface area contributed by atoms with E-state index in [0.29, 0.717) is 39.4 Å². The zero-order chi connectivity index (χ0) is 22.6. The number of aromatic nitrogens is 2. The van der Waals surface area contributed by atoms with E-state index in [1.165, 1.54) is 17.3 Å². The Morgan fingerprint density at radius 3 is 2.26 bits per heavy atom. The maximum Gasteiger partial charge on any atom is 0.189 e. The van der Waals surface area contributed by atoms with Crippen LogP contribution in [0.5, 0.6) is 11.5 Å². The summed E-state index contributed by atoms with van der Waals surface area (Å²) in [5.74, 6) is 1.70. The van der Waals surface area contributed by atoms with Crippen LogP contribution in [0.25, 0.3) is 11.3 Å². The Morgan fingerprint density at radius 2 is 1.71 bits per heavy atom. The fourth-order valence-corrected chi connectivity index (χ4v) is 3.47. The summed E-state index contributed by atoms with van der Waals surface area (Å²) in [5, 5.41) is 13.8. The average molecular weight is 435 g/mol. The van der Waals surface area contributed by atoms with Gasteiger partial charge in [0.1, 0.15) is 23.1 Å². The Balaban J connectivity index is 2.12. The van der Waals surface area contributed by atoms with E-state index in [1.807, 2.05) is 24.5 Å². The van der Waals surface area contributed by atoms with Gasteiger partial charge in [0.15, 0.2) is 11.0 Å². The molecule has 0 fully saturated rings. The van der Waals surface area contributed by atoms with Gasteiger partial charge in [0.25, 0.3) is 0 Å². The molecule has 160 valence electrons. The highest BCUT2D eigenvalue weighted by Gasteiger charge is 2.19. The number of anilines is 2. The molecular formula is C24H26N4O2S. The minimum atomic E-state index is 0.0440. The van der Waals surface area contributed by atoms with Gasteiger partial charge in [-0.1, -0.05) is 56.8 Å². The van der Waals surface area contributed by atoms with E-state index in [-0.39, 0.29) is 5.41 Å². The highest BCUT2D eigenvalue weighted by atomic mass is 32.2. The van der Waals surface area contributed by atoms with E-state index >= 15 is 0 Å². The van der Waals surface area contributed by atoms with Crippen molar-refractivity contribution in [2.24, 2.45) is 0 Å². The molecule has 0 bridgehead atoms. The zero-order valence-electron chi connectivity index (χ0n) is 18.6. The van der Waals surface area contributed by atoms with Crippen molar-refractivity contribution in [3.8, 4) is 28.8 Å². The van der Waals surface area contributed by atoms with Crippen molar-refractivity contribution in [1.82, 2.24) is 9.97 Å². The third kappa shape index (κ3) is 4.92. The summed E-state index contributed by atoms with van der Waals surface area (Å²) in [6.07, 6.45) is 1.91. The third-order valence-corrected chi connectivity index (χ3v) is 5.41. The molecule has 31 heavy (non-hydrogen) atoms. The average Bonchev–Trinajstić information content (AvgIpc) is 2.77. The molecule has 0 aliphatic rings. The Hall–Kier alpha value is -3.24. The van der Waals surface area contributed by atoms with E-state index in [9.17, 15) is 5.26 Å². The molecule has 3 rings (SSSR count). The summed E-state index contributed by atoms with van der Waals surface area (Å²) in [6, 6.07) is 15.9. The quantitative estimate of drug-likeness (QED) is 0.388. The summed E-state index contributed by atoms with van der Waals surface area (Å²) >= 11 is 1.42. The molecule has 0 saturated carbocycles. The van der Waals surface area contributed by atoms with Gasteiger partial charge in [-0.2, -0.15) is 5.26 Å². The SMILES string of the molecule is COc1ccc(OC)c(Nc2nc(SC)nc(-c3ccc(C(C)(C)C)cc3)c2C#N)c1. The molecular weight excluding hydrogens is 408 g/mol. The zero-order valence-corrected chi connectivity index (χ0v) is 19.4. The molecule has 1 aromatic heterocycles. The smallest absolute Gasteiger partial charge is 0.189 e. The van der Waals surface area contributed by atoms with Crippen molar-refractivity contribution in [3.63, 3.8) is 0 Å². The molecule has 0 amide bonds. The van der Waals surface area contributed by atoms with E-state index < -0.39 is 0 Å². The number of thioether (sulfide) groups is 1. The van der Waals surface area contributed by atoms with E-state index in [2.05, 4.69) is 54.3 Å². The minimum Gasteiger partial charge on any atom is -0.497 e. The summed E-state index contributed by atoms with van der Waals surface area (Å²) in [5.41, 5.74) is 3.73. The van der Waals surface area contributed by atoms with Crippen LogP contribution in [0.2, 0.25) is 0 Å². The van der Waals surface area contributed by atoms with Crippen molar-refractivity contribution in [2.75, 3.05) is 25.8 Å². The number of benzene rings is 2. The van der Waals surface area contributed by atoms with Crippen molar-refractivity contribution >= 4 is 23.3 Å². The highest BCUT2D eigenvalue weighted by Crippen LogP contribution is 2.35. The van der Waals surface area contributed by atoms with Gasteiger partial charge in [-0.3, -0.25) is 0 Å². The number of nitrogens with zero attached hydrogens (tertiary/aromatic N) is 3. The second-order valence-corrected chi connectivity index (χ2v) is 8.69. The van der Waals surface area contributed by atoms with Gasteiger partial charge in [0, 0.05) is 11.6 Å². The summed E-state index contributed by atoms with van der Waals surface area (Å²) < 4.78 is 10.8. The normalized spacial score (nSPS) is 11.0. The molecule has 0 atom stereocenters. The lowest BCUT2D eigenvalue weighted by Crippen LogP contribution is -2.10. The van der Waals surface area contributed by atoms with E-state index in [0.717, 1.165) is 5.56 Å². The van der Waals surface area contributed by atoms with Crippen LogP contribution in [-0.2, 0) is 5.41 Å². The van der Waals surface area contributed by atoms with Crippen molar-refractivity contribution in [1.29, 1.82) is 5.26 Å². The molecule has 1 N–H and O–H groups in total. The van der Waals surface area contributed by atoms with Crippen molar-refractivity contribution in [2.45, 2.75) is 31.3 Å². The number of hydrogen-bond acceptors (Lipinski definition) is 7. The monoisotopic (exact) mass is 434 g/mol. The number of rotatable bonds is 6. The number of methoxy groups -OCH3 is 2. The van der Waals surface area contributed by atoms with Crippen molar-refractivity contribution in [3.05, 3.63) is 53.6 Å². The number of nitrogens with one attached hydrogen (secondary N) is 1. The van der Waals surface area contributed by atoms with Crippen LogP contribution in [0, 0.1) is 11.3 Å². The lowest BCUT2D eigenvalue weighted by atomic mass is 9.86. The summed E-state index contributed by atoms with van der Waals surface area (Å²) in [4.78, 5) is 9.19. The van der Waals surface area contributed by atoms with Crippen LogP contribution in [0.4, 0.5) is 11.5 Å². The van der Waals surface area contributed by atoms with Gasteiger partial charge < -0.3 is 14.8 Å². The van der Waals surface area contributed by atoms with Gasteiger partial charge >= 0.3 is 0 Å². The molecule has 2 aromatic carbocycles. The van der Waals surface area contributed by atoms with Crippen LogP contribution >= 0.6 is 11.8 Å². The van der Waals surface area contributed by atoms with Gasteiger partial charge in [0.05, 0.1) is 25.6 Å². The molecule has 0 aliphatic carbocycles. The number of hydrogen-bond donors (Lipinski definition) is 1. The molecule has 6 nitrogen and oxygen atoms in total. The van der Waals surface area contributed by atoms with Gasteiger partial charge in [-0.15, -0.1) is 0 Å². The number of nitriles is 1. The lowest BCUT2D eigenvalue weighted by Gasteiger charge is -2.19. The van der Waals surface area contributed by atoms with Crippen LogP contribution in [0.3, 0.4) is 0 Å². The molecule has 0 radical (unpaired) electrons. The standard InChI is InChI=1S/C24H26N4O2S/c1-24(2,3)16-9-7-15(8-10-16)21-18(14-25)22(28-23(27-21)31-6)26-19-13-17(29-4)11-12-20(19)30-5/h7-13H,1-6H3,(H,26,27,28). The minimum absolute atomic E-state index is 0.0440. The fourth-order valence-electron chi connectivity index (χ4n) is 3.10. The maximum atomic E-state index is 9.98. The van der Waals surface area contributed by atoms with Gasteiger partial charge in [-0.05, 0) is 29.4 Å². The van der Waals surface area contributed by atoms with Crippen LogP contribution in [0.1, 0.15) is 31.9 Å². The summed E-state index contributed by atoms with van der Waals surface area (Å²) in [7, 11) is 3.19. The second-order valence-electron chi connectivity index (χ2n) is 7.91. The topological polar surface area (TPSA) is 80.1 Å². The highest BCUT2D eigenvalue weighted by molar-refractivity contribution is 7.98. The van der Waals surface area contributed by atoms with Gasteiger partial charge in [-0.25, -0.2) is 9.97 Å². The van der Waals surface area contributed by atoms with E-state index in [1.54, 1.807) is 26.4 Å². The fraction of sp³-hybridized carbons (Fsp3) is 0.292. The lowest BCUT2D eigenvalue weighted by molar-refractivity contribution is 0.405. The molecule has 0 unspecified atom stereocenters. The third-order valence-electron chi connectivity index (χ3n) is 4.87. The first-order valence-corrected chi connectivity index (χ1v) is 11.0. The Kier molecular flexibility index (Phi) is 6.71. The first kappa shape index (κ1) is 22.4. The maximum absolute atomic E-state index is 9.98. The predicted molar refractivity (Wildman–Crippen MR) is 125 cm³/mol. The van der Waals surface area contributed by atoms with Crippen LogP contribution < -0.4 is 14.8 Å². The van der Waals surface area contributed by atoms with Crippen LogP contribution in [0.15, 0.2) is 47.6 Å². The Morgan fingerprint density at radius 1 is 1.00 bits per heavy atom. The molecule has 1 heterocycles. The number of ether oxygens (including phenoxy) is 2. The second kappa shape index (κ2) is 9.27. The van der Waals surface area contributed by atoms with Crippen LogP contribution in [-0.4, -0.2) is 30.4 Å². The largest absolute Gasteiger partial charge is 0.497 e. The van der Waals surface area contributed by atoms with Crippen molar-refractivity contribution < 1.29 is 9.47 Å². The molecule has 3 aromatic rings. The first-order chi connectivity index (χ1) is 14.8. The van der Waals surface area contributed by atoms with E-state index in [4.69, 9.17) is 9.47 Å². The molecule has 7 heteroatoms. The van der Waals surface area contributed by atoms with Gasteiger partial charge in [0.2, 0.25) is 0 Å². The first-order valence-electron chi connectivity index (χ1n) is 9.76. The molecule has 0 saturated heterocycles. The Labute approximate surface area is 187 Å². The Bertz CT molecular complexity index is 1120. The molecule has 0 aliphatic heterocycles. The summed E-state index contributed by atoms with van der Waals surface area (Å²) in [6.45, 7) is 6.51.